The highest BCUT2D eigenvalue weighted by atomic mass is 35.5. The van der Waals surface area contributed by atoms with E-state index in [0.29, 0.717) is 56.5 Å². The molecule has 41 heavy (non-hydrogen) atoms. The van der Waals surface area contributed by atoms with Crippen LogP contribution in [0.5, 0.6) is 11.5 Å². The summed E-state index contributed by atoms with van der Waals surface area (Å²) in [5.41, 5.74) is 2.81. The largest absolute Gasteiger partial charge is 0.457 e. The minimum absolute atomic E-state index is 0.202. The lowest BCUT2D eigenvalue weighted by Crippen LogP contribution is -2.28. The van der Waals surface area contributed by atoms with E-state index < -0.39 is 0 Å². The summed E-state index contributed by atoms with van der Waals surface area (Å²) < 4.78 is 5.88. The third-order valence-electron chi connectivity index (χ3n) is 7.75. The standard InChI is InChI=1S/C33H32ClN5O2/c1-2-24-15-23(20-39(24)19-22-9-5-3-6-10-22)17-35-32-30-28(18-36-33(30)38-21-37-32)31(40)27-14-13-26(16-29(27)34)41-25-11-7-4-8-12-25/h3-14,16,18,21,23-24H,2,15,17,19-20H2,1H3,(H2,35,36,37,38)/t23-,24+/m0/s1. The lowest BCUT2D eigenvalue weighted by molar-refractivity contribution is 0.104. The van der Waals surface area contributed by atoms with Crippen LogP contribution in [-0.2, 0) is 6.54 Å². The van der Waals surface area contributed by atoms with Gasteiger partial charge in [-0.05, 0) is 48.6 Å². The maximum atomic E-state index is 13.7. The first-order chi connectivity index (χ1) is 20.1. The number of likely N-dealkylation sites (tertiary alicyclic amines) is 1. The highest BCUT2D eigenvalue weighted by molar-refractivity contribution is 6.35. The Morgan fingerprint density at radius 2 is 1.80 bits per heavy atom. The summed E-state index contributed by atoms with van der Waals surface area (Å²) >= 11 is 6.58. The number of ether oxygens (including phenoxy) is 1. The van der Waals surface area contributed by atoms with E-state index in [1.54, 1.807) is 24.4 Å². The number of aromatic nitrogens is 3. The number of ketones is 1. The number of nitrogens with one attached hydrogen (secondary N) is 2. The van der Waals surface area contributed by atoms with Gasteiger partial charge in [0.1, 0.15) is 29.3 Å². The Balaban J connectivity index is 1.18. The number of para-hydroxylation sites is 1. The Morgan fingerprint density at radius 1 is 1.02 bits per heavy atom. The van der Waals surface area contributed by atoms with E-state index >= 15 is 0 Å². The molecule has 2 aromatic heterocycles. The second kappa shape index (κ2) is 12.1. The molecule has 0 saturated carbocycles. The van der Waals surface area contributed by atoms with Crippen molar-refractivity contribution in [3.63, 3.8) is 0 Å². The van der Waals surface area contributed by atoms with Gasteiger partial charge in [-0.1, -0.05) is 67.1 Å². The normalized spacial score (nSPS) is 17.1. The van der Waals surface area contributed by atoms with Crippen molar-refractivity contribution in [3.8, 4) is 11.5 Å². The topological polar surface area (TPSA) is 83.1 Å². The van der Waals surface area contributed by atoms with Crippen molar-refractivity contribution in [2.24, 2.45) is 5.92 Å². The molecule has 208 valence electrons. The van der Waals surface area contributed by atoms with E-state index in [1.165, 1.54) is 11.9 Å². The fourth-order valence-electron chi connectivity index (χ4n) is 5.70. The molecule has 1 fully saturated rings. The number of benzene rings is 3. The molecule has 0 amide bonds. The number of halogens is 1. The molecule has 2 atom stereocenters. The molecule has 0 radical (unpaired) electrons. The van der Waals surface area contributed by atoms with E-state index in [0.717, 1.165) is 32.5 Å². The van der Waals surface area contributed by atoms with Gasteiger partial charge in [-0.15, -0.1) is 0 Å². The molecule has 0 spiro atoms. The van der Waals surface area contributed by atoms with Crippen molar-refractivity contribution in [2.75, 3.05) is 18.4 Å². The van der Waals surface area contributed by atoms with Gasteiger partial charge in [-0.2, -0.15) is 0 Å². The van der Waals surface area contributed by atoms with Gasteiger partial charge in [0.2, 0.25) is 0 Å². The van der Waals surface area contributed by atoms with Crippen LogP contribution >= 0.6 is 11.6 Å². The fourth-order valence-corrected chi connectivity index (χ4v) is 5.96. The van der Waals surface area contributed by atoms with Gasteiger partial charge in [-0.3, -0.25) is 9.69 Å². The van der Waals surface area contributed by atoms with Gasteiger partial charge in [-0.25, -0.2) is 9.97 Å². The Kier molecular flexibility index (Phi) is 7.98. The molecule has 5 aromatic rings. The number of nitrogens with zero attached hydrogens (tertiary/aromatic N) is 3. The number of hydrogen-bond donors (Lipinski definition) is 2. The molecule has 1 saturated heterocycles. The average Bonchev–Trinajstić information content (AvgIpc) is 3.61. The molecule has 0 unspecified atom stereocenters. The molecule has 0 bridgehead atoms. The predicted molar refractivity (Wildman–Crippen MR) is 163 cm³/mol. The molecule has 2 N–H and O–H groups in total. The molecule has 0 aliphatic carbocycles. The van der Waals surface area contributed by atoms with Gasteiger partial charge >= 0.3 is 0 Å². The number of aromatic amines is 1. The number of fused-ring (bicyclic) bond motifs is 1. The average molecular weight is 566 g/mol. The zero-order chi connectivity index (χ0) is 28.2. The van der Waals surface area contributed by atoms with Crippen molar-refractivity contribution in [2.45, 2.75) is 32.4 Å². The fraction of sp³-hybridized carbons (Fsp3) is 0.242. The van der Waals surface area contributed by atoms with Crippen LogP contribution in [0.15, 0.2) is 91.4 Å². The smallest absolute Gasteiger partial charge is 0.196 e. The SMILES string of the molecule is CC[C@@H]1C[C@@H](CNc2ncnc3[nH]cc(C(=O)c4ccc(Oc5ccccc5)cc4Cl)c23)CN1Cc1ccccc1. The molecule has 6 rings (SSSR count). The van der Waals surface area contributed by atoms with Crippen LogP contribution in [0.25, 0.3) is 11.0 Å². The van der Waals surface area contributed by atoms with Crippen molar-refractivity contribution in [3.05, 3.63) is 113 Å². The zero-order valence-electron chi connectivity index (χ0n) is 22.9. The van der Waals surface area contributed by atoms with Crippen LogP contribution in [0.4, 0.5) is 5.82 Å². The van der Waals surface area contributed by atoms with Gasteiger partial charge in [0.05, 0.1) is 16.0 Å². The van der Waals surface area contributed by atoms with Gasteiger partial charge < -0.3 is 15.0 Å². The number of carbonyl (C=O) groups is 1. The third kappa shape index (κ3) is 5.97. The van der Waals surface area contributed by atoms with Crippen LogP contribution in [0.3, 0.4) is 0 Å². The molecule has 3 heterocycles. The van der Waals surface area contributed by atoms with Crippen LogP contribution in [0, 0.1) is 5.92 Å². The molecule has 8 heteroatoms. The van der Waals surface area contributed by atoms with Crippen molar-refractivity contribution < 1.29 is 9.53 Å². The third-order valence-corrected chi connectivity index (χ3v) is 8.06. The number of H-pyrrole nitrogens is 1. The molecule has 7 nitrogen and oxygen atoms in total. The Morgan fingerprint density at radius 3 is 2.56 bits per heavy atom. The maximum absolute atomic E-state index is 13.7. The lowest BCUT2D eigenvalue weighted by Gasteiger charge is -2.23. The van der Waals surface area contributed by atoms with Crippen LogP contribution in [0.2, 0.25) is 5.02 Å². The quantitative estimate of drug-likeness (QED) is 0.172. The summed E-state index contributed by atoms with van der Waals surface area (Å²) in [6.45, 7) is 5.00. The predicted octanol–water partition coefficient (Wildman–Crippen LogP) is 7.35. The van der Waals surface area contributed by atoms with Crippen LogP contribution < -0.4 is 10.1 Å². The monoisotopic (exact) mass is 565 g/mol. The number of anilines is 1. The lowest BCUT2D eigenvalue weighted by atomic mass is 10.0. The van der Waals surface area contributed by atoms with E-state index in [1.807, 2.05) is 30.3 Å². The summed E-state index contributed by atoms with van der Waals surface area (Å²) in [6, 6.07) is 25.7. The van der Waals surface area contributed by atoms with Crippen LogP contribution in [0.1, 0.15) is 41.3 Å². The van der Waals surface area contributed by atoms with Gasteiger partial charge in [0.25, 0.3) is 0 Å². The number of hydrogen-bond acceptors (Lipinski definition) is 6. The first-order valence-corrected chi connectivity index (χ1v) is 14.4. The van der Waals surface area contributed by atoms with E-state index in [2.05, 4.69) is 62.4 Å². The Bertz CT molecular complexity index is 1640. The van der Waals surface area contributed by atoms with Crippen molar-refractivity contribution in [1.29, 1.82) is 0 Å². The minimum atomic E-state index is -0.202. The van der Waals surface area contributed by atoms with Crippen LogP contribution in [-0.4, -0.2) is 44.8 Å². The highest BCUT2D eigenvalue weighted by Crippen LogP contribution is 2.32. The summed E-state index contributed by atoms with van der Waals surface area (Å²) in [4.78, 5) is 28.3. The first kappa shape index (κ1) is 27.0. The zero-order valence-corrected chi connectivity index (χ0v) is 23.6. The number of carbonyl (C=O) groups excluding carboxylic acids is 1. The second-order valence-corrected chi connectivity index (χ2v) is 10.9. The van der Waals surface area contributed by atoms with E-state index in [-0.39, 0.29) is 5.78 Å². The highest BCUT2D eigenvalue weighted by Gasteiger charge is 2.31. The molecule has 3 aromatic carbocycles. The van der Waals surface area contributed by atoms with Gasteiger partial charge in [0, 0.05) is 43.5 Å². The summed E-state index contributed by atoms with van der Waals surface area (Å²) in [7, 11) is 0. The molecule has 1 aliphatic rings. The minimum Gasteiger partial charge on any atom is -0.457 e. The second-order valence-electron chi connectivity index (χ2n) is 10.5. The summed E-state index contributed by atoms with van der Waals surface area (Å²) in [5.74, 6) is 2.17. The molecular weight excluding hydrogens is 534 g/mol. The van der Waals surface area contributed by atoms with E-state index in [9.17, 15) is 4.79 Å². The van der Waals surface area contributed by atoms with Crippen molar-refractivity contribution in [1.82, 2.24) is 19.9 Å². The summed E-state index contributed by atoms with van der Waals surface area (Å²) in [5, 5.41) is 4.53. The van der Waals surface area contributed by atoms with Gasteiger partial charge in [0.15, 0.2) is 5.78 Å². The van der Waals surface area contributed by atoms with Crippen molar-refractivity contribution >= 4 is 34.2 Å². The van der Waals surface area contributed by atoms with E-state index in [4.69, 9.17) is 16.3 Å². The molecular formula is C33H32ClN5O2. The maximum Gasteiger partial charge on any atom is 0.196 e. The Labute approximate surface area is 244 Å². The first-order valence-electron chi connectivity index (χ1n) is 14.0. The molecule has 1 aliphatic heterocycles. The summed E-state index contributed by atoms with van der Waals surface area (Å²) in [6.07, 6.45) is 5.44. The Hall–Kier alpha value is -4.20. The number of rotatable bonds is 10.